The molecule has 0 bridgehead atoms. The molecule has 1 saturated heterocycles. The van der Waals surface area contributed by atoms with Crippen LogP contribution in [0.15, 0.2) is 48.5 Å². The maximum absolute atomic E-state index is 12.4. The van der Waals surface area contributed by atoms with Gasteiger partial charge in [0.2, 0.25) is 0 Å². The number of carbonyl (C=O) groups is 1. The van der Waals surface area contributed by atoms with Gasteiger partial charge in [0, 0.05) is 37.9 Å². The molecule has 1 heterocycles. The summed E-state index contributed by atoms with van der Waals surface area (Å²) in [6.07, 6.45) is 0.997. The van der Waals surface area contributed by atoms with Crippen LogP contribution < -0.4 is 15.5 Å². The van der Waals surface area contributed by atoms with E-state index in [-0.39, 0.29) is 11.9 Å². The van der Waals surface area contributed by atoms with Crippen molar-refractivity contribution in [1.82, 2.24) is 10.6 Å². The molecule has 23 heavy (non-hydrogen) atoms. The molecular weight excluding hydrogens is 286 g/mol. The van der Waals surface area contributed by atoms with E-state index < -0.39 is 0 Å². The molecule has 120 valence electrons. The van der Waals surface area contributed by atoms with E-state index in [1.165, 1.54) is 0 Å². The molecule has 1 atom stereocenters. The van der Waals surface area contributed by atoms with Crippen LogP contribution in [0.4, 0.5) is 5.69 Å². The molecule has 4 nitrogen and oxygen atoms in total. The summed E-state index contributed by atoms with van der Waals surface area (Å²) in [5, 5.41) is 6.35. The molecule has 0 aromatic heterocycles. The molecular formula is C19H23N3O. The largest absolute Gasteiger partial charge is 0.378 e. The minimum atomic E-state index is 0.00506. The lowest BCUT2D eigenvalue weighted by Crippen LogP contribution is -2.36. The molecule has 2 aromatic carbocycles. The monoisotopic (exact) mass is 309 g/mol. The number of benzene rings is 2. The van der Waals surface area contributed by atoms with E-state index in [0.717, 1.165) is 36.3 Å². The van der Waals surface area contributed by atoms with Gasteiger partial charge in [0.1, 0.15) is 0 Å². The highest BCUT2D eigenvalue weighted by molar-refractivity contribution is 5.95. The molecule has 3 rings (SSSR count). The lowest BCUT2D eigenvalue weighted by Gasteiger charge is -2.14. The normalized spacial score (nSPS) is 17.0. The zero-order valence-corrected chi connectivity index (χ0v) is 13.7. The van der Waals surface area contributed by atoms with E-state index in [1.807, 2.05) is 38.4 Å². The Kier molecular flexibility index (Phi) is 4.63. The number of hydrogen-bond acceptors (Lipinski definition) is 3. The molecule has 4 heteroatoms. The lowest BCUT2D eigenvalue weighted by molar-refractivity contribution is 0.0940. The first kappa shape index (κ1) is 15.6. The quantitative estimate of drug-likeness (QED) is 0.912. The smallest absolute Gasteiger partial charge is 0.251 e. The summed E-state index contributed by atoms with van der Waals surface area (Å²) < 4.78 is 0. The number of hydrogen-bond donors (Lipinski definition) is 2. The highest BCUT2D eigenvalue weighted by Crippen LogP contribution is 2.23. The van der Waals surface area contributed by atoms with Crippen LogP contribution in [-0.2, 0) is 0 Å². The van der Waals surface area contributed by atoms with Gasteiger partial charge in [-0.2, -0.15) is 0 Å². The molecule has 0 spiro atoms. The summed E-state index contributed by atoms with van der Waals surface area (Å²) >= 11 is 0. The predicted molar refractivity (Wildman–Crippen MR) is 94.9 cm³/mol. The standard InChI is InChI=1S/C19H23N3O/c1-22(2)18-8-6-14(7-9-18)15-4-3-5-16(12-15)19(23)21-17-10-11-20-13-17/h3-9,12,17,20H,10-11,13H2,1-2H3,(H,21,23)/t17-/m0/s1. The van der Waals surface area contributed by atoms with Crippen LogP contribution in [0.2, 0.25) is 0 Å². The van der Waals surface area contributed by atoms with Gasteiger partial charge in [-0.05, 0) is 48.4 Å². The Morgan fingerprint density at radius 2 is 1.91 bits per heavy atom. The molecule has 1 amide bonds. The second kappa shape index (κ2) is 6.84. The van der Waals surface area contributed by atoms with Gasteiger partial charge in [-0.25, -0.2) is 0 Å². The zero-order chi connectivity index (χ0) is 16.2. The predicted octanol–water partition coefficient (Wildman–Crippen LogP) is 2.51. The van der Waals surface area contributed by atoms with Gasteiger partial charge in [-0.1, -0.05) is 24.3 Å². The Balaban J connectivity index is 1.77. The van der Waals surface area contributed by atoms with Crippen LogP contribution in [0.5, 0.6) is 0 Å². The van der Waals surface area contributed by atoms with Crippen molar-refractivity contribution in [1.29, 1.82) is 0 Å². The molecule has 1 aliphatic heterocycles. The lowest BCUT2D eigenvalue weighted by atomic mass is 10.0. The fourth-order valence-electron chi connectivity index (χ4n) is 2.84. The van der Waals surface area contributed by atoms with Gasteiger partial charge in [0.25, 0.3) is 5.91 Å². The first-order chi connectivity index (χ1) is 11.1. The van der Waals surface area contributed by atoms with Crippen LogP contribution in [0.25, 0.3) is 11.1 Å². The summed E-state index contributed by atoms with van der Waals surface area (Å²) in [5.74, 6) is 0.00506. The van der Waals surface area contributed by atoms with E-state index in [4.69, 9.17) is 0 Å². The van der Waals surface area contributed by atoms with Gasteiger partial charge in [0.05, 0.1) is 0 Å². The Bertz CT molecular complexity index is 673. The Labute approximate surface area is 137 Å². The summed E-state index contributed by atoms with van der Waals surface area (Å²) in [7, 11) is 4.05. The summed E-state index contributed by atoms with van der Waals surface area (Å²) in [5.41, 5.74) is 4.06. The molecule has 1 fully saturated rings. The molecule has 0 radical (unpaired) electrons. The number of carbonyl (C=O) groups excluding carboxylic acids is 1. The third-order valence-corrected chi connectivity index (χ3v) is 4.24. The third-order valence-electron chi connectivity index (χ3n) is 4.24. The first-order valence-corrected chi connectivity index (χ1v) is 8.03. The van der Waals surface area contributed by atoms with E-state index >= 15 is 0 Å². The number of nitrogens with zero attached hydrogens (tertiary/aromatic N) is 1. The van der Waals surface area contributed by atoms with Crippen LogP contribution in [0, 0.1) is 0 Å². The van der Waals surface area contributed by atoms with Crippen molar-refractivity contribution in [3.05, 3.63) is 54.1 Å². The Morgan fingerprint density at radius 3 is 2.57 bits per heavy atom. The van der Waals surface area contributed by atoms with E-state index in [0.29, 0.717) is 5.56 Å². The topological polar surface area (TPSA) is 44.4 Å². The van der Waals surface area contributed by atoms with Crippen molar-refractivity contribution in [2.45, 2.75) is 12.5 Å². The second-order valence-electron chi connectivity index (χ2n) is 6.19. The number of nitrogens with one attached hydrogen (secondary N) is 2. The van der Waals surface area contributed by atoms with Crippen LogP contribution >= 0.6 is 0 Å². The van der Waals surface area contributed by atoms with Crippen molar-refractivity contribution in [3.63, 3.8) is 0 Å². The molecule has 2 aromatic rings. The second-order valence-corrected chi connectivity index (χ2v) is 6.19. The average molecular weight is 309 g/mol. The van der Waals surface area contributed by atoms with Crippen molar-refractivity contribution in [2.24, 2.45) is 0 Å². The molecule has 0 aliphatic carbocycles. The maximum Gasteiger partial charge on any atom is 0.251 e. The SMILES string of the molecule is CN(C)c1ccc(-c2cccc(C(=O)N[C@H]3CCNC3)c2)cc1. The number of amides is 1. The van der Waals surface area contributed by atoms with E-state index in [2.05, 4.69) is 39.8 Å². The van der Waals surface area contributed by atoms with Crippen LogP contribution in [0.3, 0.4) is 0 Å². The zero-order valence-electron chi connectivity index (χ0n) is 13.7. The van der Waals surface area contributed by atoms with Crippen molar-refractivity contribution >= 4 is 11.6 Å². The maximum atomic E-state index is 12.4. The molecule has 0 saturated carbocycles. The van der Waals surface area contributed by atoms with Gasteiger partial charge >= 0.3 is 0 Å². The van der Waals surface area contributed by atoms with Gasteiger partial charge in [0.15, 0.2) is 0 Å². The minimum Gasteiger partial charge on any atom is -0.378 e. The molecule has 1 aliphatic rings. The Morgan fingerprint density at radius 1 is 1.13 bits per heavy atom. The highest BCUT2D eigenvalue weighted by atomic mass is 16.1. The summed E-state index contributed by atoms with van der Waals surface area (Å²) in [4.78, 5) is 14.5. The van der Waals surface area contributed by atoms with Crippen molar-refractivity contribution in [3.8, 4) is 11.1 Å². The molecule has 2 N–H and O–H groups in total. The third kappa shape index (κ3) is 3.71. The van der Waals surface area contributed by atoms with Crippen molar-refractivity contribution < 1.29 is 4.79 Å². The van der Waals surface area contributed by atoms with E-state index in [1.54, 1.807) is 0 Å². The fourth-order valence-corrected chi connectivity index (χ4v) is 2.84. The van der Waals surface area contributed by atoms with Gasteiger partial charge in [-0.15, -0.1) is 0 Å². The highest BCUT2D eigenvalue weighted by Gasteiger charge is 2.17. The molecule has 0 unspecified atom stereocenters. The van der Waals surface area contributed by atoms with Gasteiger partial charge in [-0.3, -0.25) is 4.79 Å². The number of rotatable bonds is 4. The van der Waals surface area contributed by atoms with Gasteiger partial charge < -0.3 is 15.5 Å². The fraction of sp³-hybridized carbons (Fsp3) is 0.316. The first-order valence-electron chi connectivity index (χ1n) is 8.03. The van der Waals surface area contributed by atoms with E-state index in [9.17, 15) is 4.79 Å². The Hall–Kier alpha value is -2.33. The number of anilines is 1. The van der Waals surface area contributed by atoms with Crippen LogP contribution in [-0.4, -0.2) is 39.1 Å². The minimum absolute atomic E-state index is 0.00506. The van der Waals surface area contributed by atoms with Crippen LogP contribution in [0.1, 0.15) is 16.8 Å². The van der Waals surface area contributed by atoms with Crippen molar-refractivity contribution in [2.75, 3.05) is 32.1 Å². The summed E-state index contributed by atoms with van der Waals surface area (Å²) in [6, 6.07) is 16.4. The summed E-state index contributed by atoms with van der Waals surface area (Å²) in [6.45, 7) is 1.83. The average Bonchev–Trinajstić information content (AvgIpc) is 3.08.